The maximum atomic E-state index is 6.20. The number of piperazine rings is 1. The fourth-order valence-corrected chi connectivity index (χ4v) is 2.96. The summed E-state index contributed by atoms with van der Waals surface area (Å²) in [7, 11) is 1.85. The van der Waals surface area contributed by atoms with Crippen molar-refractivity contribution in [3.8, 4) is 0 Å². The topological polar surface area (TPSA) is 36.9 Å². The van der Waals surface area contributed by atoms with Gasteiger partial charge in [0.2, 0.25) is 0 Å². The SMILES string of the molecule is C=CN=C(C)C(/C([B]OC(C)(C)C(C)(C)S)=C\C)=C(\C)N1CCN[C@H](C)C1. The molecular formula is C21H37BN3OS. The van der Waals surface area contributed by atoms with Crippen LogP contribution in [0.1, 0.15) is 55.4 Å². The summed E-state index contributed by atoms with van der Waals surface area (Å²) < 4.78 is 5.92. The van der Waals surface area contributed by atoms with Crippen LogP contribution in [-0.2, 0) is 4.65 Å². The molecule has 6 heteroatoms. The van der Waals surface area contributed by atoms with Crippen LogP contribution in [0.15, 0.2) is 40.6 Å². The van der Waals surface area contributed by atoms with Crippen molar-refractivity contribution < 1.29 is 4.65 Å². The first-order chi connectivity index (χ1) is 12.4. The summed E-state index contributed by atoms with van der Waals surface area (Å²) in [5.41, 5.74) is 3.84. The van der Waals surface area contributed by atoms with E-state index >= 15 is 0 Å². The zero-order valence-electron chi connectivity index (χ0n) is 18.4. The molecule has 1 heterocycles. The molecule has 1 saturated heterocycles. The van der Waals surface area contributed by atoms with E-state index in [1.807, 2.05) is 21.3 Å². The lowest BCUT2D eigenvalue weighted by molar-refractivity contribution is 0.0845. The quantitative estimate of drug-likeness (QED) is 0.283. The van der Waals surface area contributed by atoms with E-state index < -0.39 is 5.60 Å². The normalized spacial score (nSPS) is 21.1. The maximum absolute atomic E-state index is 6.20. The van der Waals surface area contributed by atoms with E-state index in [1.165, 1.54) is 5.70 Å². The molecule has 1 N–H and O–H groups in total. The molecule has 1 atom stereocenters. The van der Waals surface area contributed by atoms with Crippen molar-refractivity contribution in [1.82, 2.24) is 10.2 Å². The number of nitrogens with zero attached hydrogens (tertiary/aromatic N) is 2. The molecule has 1 fully saturated rings. The van der Waals surface area contributed by atoms with E-state index in [1.54, 1.807) is 6.20 Å². The number of nitrogens with one attached hydrogen (secondary N) is 1. The van der Waals surface area contributed by atoms with E-state index in [0.717, 1.165) is 36.4 Å². The Labute approximate surface area is 172 Å². The lowest BCUT2D eigenvalue weighted by atomic mass is 9.76. The predicted octanol–water partition coefficient (Wildman–Crippen LogP) is 4.19. The molecule has 0 amide bonds. The van der Waals surface area contributed by atoms with Gasteiger partial charge in [-0.2, -0.15) is 12.6 Å². The Bertz CT molecular complexity index is 617. The van der Waals surface area contributed by atoms with Gasteiger partial charge in [0.05, 0.1) is 5.60 Å². The second-order valence-corrected chi connectivity index (χ2v) is 9.33. The van der Waals surface area contributed by atoms with Gasteiger partial charge in [0.15, 0.2) is 0 Å². The third-order valence-electron chi connectivity index (χ3n) is 5.41. The highest BCUT2D eigenvalue weighted by atomic mass is 32.1. The molecule has 0 aliphatic carbocycles. The summed E-state index contributed by atoms with van der Waals surface area (Å²) in [4.78, 5) is 6.89. The van der Waals surface area contributed by atoms with Crippen LogP contribution in [-0.4, -0.2) is 54.1 Å². The Morgan fingerprint density at radius 3 is 2.44 bits per heavy atom. The summed E-state index contributed by atoms with van der Waals surface area (Å²) in [6.45, 7) is 23.4. The fourth-order valence-electron chi connectivity index (χ4n) is 2.90. The Morgan fingerprint density at radius 1 is 1.33 bits per heavy atom. The number of rotatable bonds is 8. The van der Waals surface area contributed by atoms with Crippen LogP contribution in [0, 0.1) is 0 Å². The van der Waals surface area contributed by atoms with Gasteiger partial charge in [0.25, 0.3) is 0 Å². The lowest BCUT2D eigenvalue weighted by Gasteiger charge is -2.39. The average molecular weight is 390 g/mol. The molecule has 1 rings (SSSR count). The molecule has 0 bridgehead atoms. The molecular weight excluding hydrogens is 353 g/mol. The number of aliphatic imine (C=N–C) groups is 1. The third-order valence-corrected chi connectivity index (χ3v) is 5.94. The molecule has 151 valence electrons. The standard InChI is InChI=1S/C21H37BN3OS/c1-10-18(22-26-20(6,7)21(8,9)27)19(16(4)23-11-2)17(5)25-13-12-24-15(3)14-25/h10-11,15,24,27H,2,12-14H2,1,3-9H3/b18-10+,19-17-,23-16?/t15-/m1/s1. The fraction of sp³-hybridized carbons (Fsp3) is 0.667. The summed E-state index contributed by atoms with van der Waals surface area (Å²) in [5.74, 6) is 0. The molecule has 0 saturated carbocycles. The first-order valence-electron chi connectivity index (χ1n) is 9.69. The number of hydrogen-bond acceptors (Lipinski definition) is 5. The van der Waals surface area contributed by atoms with Gasteiger partial charge in [-0.05, 0) is 60.9 Å². The molecule has 1 aliphatic rings. The lowest BCUT2D eigenvalue weighted by Crippen LogP contribution is -2.48. The van der Waals surface area contributed by atoms with E-state index in [0.29, 0.717) is 6.04 Å². The van der Waals surface area contributed by atoms with Crippen molar-refractivity contribution >= 4 is 25.8 Å². The van der Waals surface area contributed by atoms with Gasteiger partial charge in [0, 0.05) is 53.6 Å². The molecule has 1 radical (unpaired) electrons. The Hall–Kier alpha value is -0.975. The van der Waals surface area contributed by atoms with Gasteiger partial charge < -0.3 is 14.9 Å². The first kappa shape index (κ1) is 24.1. The second kappa shape index (κ2) is 9.99. The van der Waals surface area contributed by atoms with Crippen molar-refractivity contribution in [2.45, 2.75) is 71.8 Å². The van der Waals surface area contributed by atoms with Crippen molar-refractivity contribution in [2.75, 3.05) is 19.6 Å². The number of allylic oxidation sites excluding steroid dienone is 4. The average Bonchev–Trinajstić information content (AvgIpc) is 2.57. The highest BCUT2D eigenvalue weighted by Crippen LogP contribution is 2.32. The largest absolute Gasteiger partial charge is 0.428 e. The van der Waals surface area contributed by atoms with Crippen LogP contribution in [0.2, 0.25) is 0 Å². The smallest absolute Gasteiger partial charge is 0.331 e. The Balaban J connectivity index is 3.23. The van der Waals surface area contributed by atoms with Gasteiger partial charge >= 0.3 is 7.48 Å². The second-order valence-electron chi connectivity index (χ2n) is 8.21. The minimum absolute atomic E-state index is 0.278. The van der Waals surface area contributed by atoms with Gasteiger partial charge in [-0.25, -0.2) is 0 Å². The van der Waals surface area contributed by atoms with Crippen molar-refractivity contribution in [3.63, 3.8) is 0 Å². The van der Waals surface area contributed by atoms with E-state index in [2.05, 4.69) is 69.4 Å². The molecule has 0 aromatic heterocycles. The molecule has 1 aliphatic heterocycles. The van der Waals surface area contributed by atoms with Crippen molar-refractivity contribution in [1.29, 1.82) is 0 Å². The van der Waals surface area contributed by atoms with Crippen LogP contribution in [0.5, 0.6) is 0 Å². The maximum Gasteiger partial charge on any atom is 0.331 e. The summed E-state index contributed by atoms with van der Waals surface area (Å²) in [6, 6.07) is 0.463. The zero-order chi connectivity index (χ0) is 20.8. The van der Waals surface area contributed by atoms with Gasteiger partial charge in [-0.3, -0.25) is 4.99 Å². The Morgan fingerprint density at radius 2 is 1.96 bits per heavy atom. The highest BCUT2D eigenvalue weighted by molar-refractivity contribution is 7.81. The third kappa shape index (κ3) is 6.54. The van der Waals surface area contributed by atoms with Gasteiger partial charge in [0.1, 0.15) is 0 Å². The summed E-state index contributed by atoms with van der Waals surface area (Å²) in [6.07, 6.45) is 3.67. The molecule has 0 aromatic rings. The van der Waals surface area contributed by atoms with Crippen LogP contribution in [0.3, 0.4) is 0 Å². The predicted molar refractivity (Wildman–Crippen MR) is 123 cm³/mol. The molecule has 27 heavy (non-hydrogen) atoms. The molecule has 0 aromatic carbocycles. The van der Waals surface area contributed by atoms with E-state index in [4.69, 9.17) is 17.3 Å². The Kier molecular flexibility index (Phi) is 8.90. The monoisotopic (exact) mass is 390 g/mol. The summed E-state index contributed by atoms with van der Waals surface area (Å²) in [5, 5.41) is 3.50. The molecule has 0 unspecified atom stereocenters. The van der Waals surface area contributed by atoms with Crippen molar-refractivity contribution in [3.05, 3.63) is 35.6 Å². The van der Waals surface area contributed by atoms with Crippen LogP contribution in [0.25, 0.3) is 0 Å². The minimum atomic E-state index is -0.420. The molecule has 4 nitrogen and oxygen atoms in total. The highest BCUT2D eigenvalue weighted by Gasteiger charge is 2.35. The number of hydrogen-bond donors (Lipinski definition) is 2. The summed E-state index contributed by atoms with van der Waals surface area (Å²) >= 11 is 4.70. The molecule has 0 spiro atoms. The van der Waals surface area contributed by atoms with Gasteiger partial charge in [-0.15, -0.1) is 0 Å². The number of thiol groups is 1. The van der Waals surface area contributed by atoms with Crippen LogP contribution >= 0.6 is 12.6 Å². The van der Waals surface area contributed by atoms with Gasteiger partial charge in [-0.1, -0.05) is 12.7 Å². The minimum Gasteiger partial charge on any atom is -0.428 e. The first-order valence-corrected chi connectivity index (χ1v) is 10.1. The van der Waals surface area contributed by atoms with Crippen LogP contribution < -0.4 is 5.32 Å². The van der Waals surface area contributed by atoms with E-state index in [-0.39, 0.29) is 4.75 Å². The van der Waals surface area contributed by atoms with Crippen LogP contribution in [0.4, 0.5) is 0 Å². The van der Waals surface area contributed by atoms with E-state index in [9.17, 15) is 0 Å². The zero-order valence-corrected chi connectivity index (χ0v) is 19.3. The van der Waals surface area contributed by atoms with Crippen molar-refractivity contribution in [2.24, 2.45) is 4.99 Å².